The van der Waals surface area contributed by atoms with Crippen LogP contribution in [0.5, 0.6) is 0 Å². The number of carbonyl (C=O) groups excluding carboxylic acids is 2. The molecule has 10 nitrogen and oxygen atoms in total. The molecule has 0 saturated carbocycles. The molecule has 0 aliphatic carbocycles. The number of hydrogen-bond acceptors (Lipinski definition) is 9. The van der Waals surface area contributed by atoms with E-state index >= 15 is 0 Å². The van der Waals surface area contributed by atoms with E-state index in [0.29, 0.717) is 29.3 Å². The van der Waals surface area contributed by atoms with Gasteiger partial charge in [0.15, 0.2) is 4.34 Å². The van der Waals surface area contributed by atoms with Crippen LogP contribution >= 0.6 is 34.9 Å². The largest absolute Gasteiger partial charge is 0.477 e. The van der Waals surface area contributed by atoms with E-state index in [9.17, 15) is 19.5 Å². The van der Waals surface area contributed by atoms with Crippen molar-refractivity contribution in [2.75, 3.05) is 11.5 Å². The maximum atomic E-state index is 12.7. The molecule has 2 amide bonds. The summed E-state index contributed by atoms with van der Waals surface area (Å²) in [5, 5.41) is 24.9. The number of aliphatic carboxylic acids is 1. The summed E-state index contributed by atoms with van der Waals surface area (Å²) >= 11 is 4.29. The first kappa shape index (κ1) is 20.9. The quantitative estimate of drug-likeness (QED) is 0.457. The van der Waals surface area contributed by atoms with Crippen molar-refractivity contribution in [3.63, 3.8) is 0 Å². The van der Waals surface area contributed by atoms with E-state index in [1.165, 1.54) is 50.6 Å². The van der Waals surface area contributed by atoms with Crippen LogP contribution in [0.4, 0.5) is 0 Å². The molecule has 30 heavy (non-hydrogen) atoms. The number of rotatable bonds is 7. The Kier molecular flexibility index (Phi) is 5.84. The van der Waals surface area contributed by atoms with Gasteiger partial charge < -0.3 is 10.4 Å². The molecule has 4 rings (SSSR count). The van der Waals surface area contributed by atoms with Crippen LogP contribution in [-0.4, -0.2) is 70.7 Å². The summed E-state index contributed by atoms with van der Waals surface area (Å²) in [6.45, 7) is 4.24. The third kappa shape index (κ3) is 3.72. The molecule has 2 aliphatic rings. The maximum absolute atomic E-state index is 12.7. The van der Waals surface area contributed by atoms with E-state index in [4.69, 9.17) is 0 Å². The SMILES string of the molecule is CCn1nccc1C(=O)N[C@@H]1C(=O)N2C(C(=O)O)=C(CSc3nnc(C)s3)CS[C@@H]12. The van der Waals surface area contributed by atoms with Gasteiger partial charge in [-0.1, -0.05) is 23.1 Å². The lowest BCUT2D eigenvalue weighted by Gasteiger charge is -2.49. The molecule has 0 unspecified atom stereocenters. The van der Waals surface area contributed by atoms with Crippen molar-refractivity contribution >= 4 is 52.6 Å². The van der Waals surface area contributed by atoms with E-state index in [0.717, 1.165) is 9.35 Å². The second-order valence-electron chi connectivity index (χ2n) is 6.53. The van der Waals surface area contributed by atoms with Crippen molar-refractivity contribution in [1.82, 2.24) is 30.2 Å². The molecular weight excluding hydrogens is 448 g/mol. The normalized spacial score (nSPS) is 20.7. The zero-order chi connectivity index (χ0) is 21.4. The molecule has 2 aromatic heterocycles. The van der Waals surface area contributed by atoms with Crippen LogP contribution in [0.3, 0.4) is 0 Å². The highest BCUT2D eigenvalue weighted by molar-refractivity contribution is 8.01. The number of thioether (sulfide) groups is 2. The van der Waals surface area contributed by atoms with E-state index in [1.54, 1.807) is 6.07 Å². The van der Waals surface area contributed by atoms with Crippen molar-refractivity contribution in [1.29, 1.82) is 0 Å². The number of amides is 2. The zero-order valence-corrected chi connectivity index (χ0v) is 18.5. The third-order valence-corrected chi connectivity index (χ3v) is 8.06. The van der Waals surface area contributed by atoms with Gasteiger partial charge in [0.05, 0.1) is 0 Å². The van der Waals surface area contributed by atoms with Gasteiger partial charge in [-0.15, -0.1) is 22.0 Å². The summed E-state index contributed by atoms with van der Waals surface area (Å²) in [5.74, 6) is -1.10. The second kappa shape index (κ2) is 8.40. The van der Waals surface area contributed by atoms with Gasteiger partial charge in [-0.3, -0.25) is 19.2 Å². The number of carbonyl (C=O) groups is 3. The molecule has 158 valence electrons. The Bertz CT molecular complexity index is 1050. The number of aromatic nitrogens is 4. The lowest BCUT2D eigenvalue weighted by Crippen LogP contribution is -2.70. The average molecular weight is 467 g/mol. The van der Waals surface area contributed by atoms with Crippen LogP contribution in [0, 0.1) is 6.92 Å². The van der Waals surface area contributed by atoms with Crippen molar-refractivity contribution < 1.29 is 19.5 Å². The number of aryl methyl sites for hydroxylation is 2. The number of nitrogens with zero attached hydrogens (tertiary/aromatic N) is 5. The Labute approximate surface area is 184 Å². The predicted molar refractivity (Wildman–Crippen MR) is 112 cm³/mol. The fourth-order valence-electron chi connectivity index (χ4n) is 3.27. The first-order valence-electron chi connectivity index (χ1n) is 9.06. The zero-order valence-electron chi connectivity index (χ0n) is 16.1. The van der Waals surface area contributed by atoms with Crippen LogP contribution in [0.1, 0.15) is 22.4 Å². The summed E-state index contributed by atoms with van der Waals surface area (Å²) in [5.41, 5.74) is 1.02. The number of hydrogen-bond donors (Lipinski definition) is 2. The molecule has 0 aromatic carbocycles. The minimum absolute atomic E-state index is 0.00147. The molecule has 0 spiro atoms. The Morgan fingerprint density at radius 1 is 1.40 bits per heavy atom. The summed E-state index contributed by atoms with van der Waals surface area (Å²) in [6.07, 6.45) is 1.53. The lowest BCUT2D eigenvalue weighted by molar-refractivity contribution is -0.148. The molecule has 0 radical (unpaired) electrons. The van der Waals surface area contributed by atoms with Crippen LogP contribution in [0.25, 0.3) is 0 Å². The molecule has 4 heterocycles. The van der Waals surface area contributed by atoms with Crippen LogP contribution in [-0.2, 0) is 16.1 Å². The highest BCUT2D eigenvalue weighted by Gasteiger charge is 2.54. The first-order chi connectivity index (χ1) is 14.4. The number of fused-ring (bicyclic) bond motifs is 1. The van der Waals surface area contributed by atoms with Gasteiger partial charge in [0.2, 0.25) is 0 Å². The van der Waals surface area contributed by atoms with Gasteiger partial charge in [-0.05, 0) is 25.5 Å². The molecule has 1 fully saturated rings. The number of β-lactam (4-membered cyclic amide) rings is 1. The minimum Gasteiger partial charge on any atom is -0.477 e. The van der Waals surface area contributed by atoms with Gasteiger partial charge in [-0.2, -0.15) is 5.10 Å². The topological polar surface area (TPSA) is 130 Å². The van der Waals surface area contributed by atoms with Crippen LogP contribution < -0.4 is 5.32 Å². The van der Waals surface area contributed by atoms with Gasteiger partial charge in [-0.25, -0.2) is 4.79 Å². The lowest BCUT2D eigenvalue weighted by atomic mass is 10.0. The molecule has 0 bridgehead atoms. The van der Waals surface area contributed by atoms with E-state index < -0.39 is 29.2 Å². The van der Waals surface area contributed by atoms with E-state index in [2.05, 4.69) is 20.6 Å². The van der Waals surface area contributed by atoms with E-state index in [1.807, 2.05) is 13.8 Å². The molecular formula is C17H18N6O4S3. The fraction of sp³-hybridized carbons (Fsp3) is 0.412. The van der Waals surface area contributed by atoms with Gasteiger partial charge in [0, 0.05) is 24.2 Å². The number of carboxylic acid groups (broad SMARTS) is 1. The average Bonchev–Trinajstić information content (AvgIpc) is 3.37. The summed E-state index contributed by atoms with van der Waals surface area (Å²) in [4.78, 5) is 38.5. The third-order valence-electron chi connectivity index (χ3n) is 4.66. The van der Waals surface area contributed by atoms with E-state index in [-0.39, 0.29) is 5.70 Å². The fourth-order valence-corrected chi connectivity index (χ4v) is 6.57. The van der Waals surface area contributed by atoms with Crippen molar-refractivity contribution in [3.05, 3.63) is 34.2 Å². The Balaban J connectivity index is 1.48. The monoisotopic (exact) mass is 466 g/mol. The van der Waals surface area contributed by atoms with Gasteiger partial charge in [0.25, 0.3) is 11.8 Å². The molecule has 2 atom stereocenters. The van der Waals surface area contributed by atoms with Crippen molar-refractivity contribution in [2.45, 2.75) is 36.1 Å². The van der Waals surface area contributed by atoms with Gasteiger partial charge >= 0.3 is 5.97 Å². The maximum Gasteiger partial charge on any atom is 0.352 e. The van der Waals surface area contributed by atoms with Crippen LogP contribution in [0.15, 0.2) is 27.9 Å². The summed E-state index contributed by atoms with van der Waals surface area (Å²) in [6, 6.07) is 0.818. The second-order valence-corrected chi connectivity index (χ2v) is 10.0. The number of nitrogens with one attached hydrogen (secondary N) is 1. The number of carboxylic acids is 1. The highest BCUT2D eigenvalue weighted by atomic mass is 32.2. The summed E-state index contributed by atoms with van der Waals surface area (Å²) in [7, 11) is 0. The Morgan fingerprint density at radius 2 is 2.20 bits per heavy atom. The predicted octanol–water partition coefficient (Wildman–Crippen LogP) is 1.21. The first-order valence-corrected chi connectivity index (χ1v) is 11.9. The van der Waals surface area contributed by atoms with Crippen molar-refractivity contribution in [2.24, 2.45) is 0 Å². The molecule has 1 saturated heterocycles. The smallest absolute Gasteiger partial charge is 0.352 e. The Morgan fingerprint density at radius 3 is 2.87 bits per heavy atom. The molecule has 2 aromatic rings. The van der Waals surface area contributed by atoms with Gasteiger partial charge in [0.1, 0.15) is 27.8 Å². The minimum atomic E-state index is -1.15. The summed E-state index contributed by atoms with van der Waals surface area (Å²) < 4.78 is 2.29. The Hall–Kier alpha value is -2.38. The molecule has 13 heteroatoms. The molecule has 2 N–H and O–H groups in total. The molecule has 2 aliphatic heterocycles. The standard InChI is InChI=1S/C17H18N6O4S3/c1-3-22-10(4-5-18-22)13(24)19-11-14(25)23-12(16(26)27)9(6-28-15(11)23)7-29-17-21-20-8(2)30-17/h4-5,11,15H,3,6-7H2,1-2H3,(H,19,24)(H,26,27)/t11-,15+/m1/s1. The van der Waals surface area contributed by atoms with Crippen LogP contribution in [0.2, 0.25) is 0 Å². The highest BCUT2D eigenvalue weighted by Crippen LogP contribution is 2.41. The van der Waals surface area contributed by atoms with Crippen molar-refractivity contribution in [3.8, 4) is 0 Å².